The minimum atomic E-state index is -1.35. The number of esters is 2. The lowest BCUT2D eigenvalue weighted by Crippen LogP contribution is -2.58. The van der Waals surface area contributed by atoms with Crippen LogP contribution in [0, 0.1) is 17.8 Å². The number of aliphatic hydroxyl groups excluding tert-OH is 3. The van der Waals surface area contributed by atoms with Gasteiger partial charge in [0.2, 0.25) is 0 Å². The van der Waals surface area contributed by atoms with Crippen molar-refractivity contribution < 1.29 is 48.3 Å². The second-order valence-electron chi connectivity index (χ2n) is 24.8. The van der Waals surface area contributed by atoms with Crippen LogP contribution >= 0.6 is 0 Å². The number of benzene rings is 5. The number of aliphatic hydroxyl groups is 3. The highest BCUT2D eigenvalue weighted by Gasteiger charge is 2.59. The summed E-state index contributed by atoms with van der Waals surface area (Å²) in [6, 6.07) is 40.9. The van der Waals surface area contributed by atoms with Gasteiger partial charge in [-0.15, -0.1) is 0 Å². The number of rotatable bonds is 11. The highest BCUT2D eigenvalue weighted by Crippen LogP contribution is 2.58. The maximum Gasteiger partial charge on any atom is 0.340 e. The lowest BCUT2D eigenvalue weighted by Gasteiger charge is -2.48. The summed E-state index contributed by atoms with van der Waals surface area (Å²) in [5.41, 5.74) is 8.06. The smallest absolute Gasteiger partial charge is 0.340 e. The van der Waals surface area contributed by atoms with E-state index in [0.717, 1.165) is 43.2 Å². The van der Waals surface area contributed by atoms with Gasteiger partial charge in [0.15, 0.2) is 12.2 Å². The fourth-order valence-corrected chi connectivity index (χ4v) is 16.0. The zero-order valence-corrected chi connectivity index (χ0v) is 47.7. The summed E-state index contributed by atoms with van der Waals surface area (Å²) in [5, 5.41) is 32.5. The molecule has 4 heterocycles. The lowest BCUT2D eigenvalue weighted by molar-refractivity contribution is -0.199. The number of fused-ring (bicyclic) bond motifs is 14. The first kappa shape index (κ1) is 55.9. The van der Waals surface area contributed by atoms with Crippen LogP contribution in [0.2, 0.25) is 0 Å². The number of hydrogen-bond acceptors (Lipinski definition) is 11. The summed E-state index contributed by atoms with van der Waals surface area (Å²) in [7, 11) is 1.52. The average Bonchev–Trinajstić information content (AvgIpc) is 1.59. The van der Waals surface area contributed by atoms with E-state index in [4.69, 9.17) is 23.4 Å². The molecular formula is C71H78O11. The van der Waals surface area contributed by atoms with Gasteiger partial charge in [0.1, 0.15) is 16.9 Å². The number of carbonyl (C=O) groups excluding carboxylic acids is 2. The number of carbonyl (C=O) groups is 2. The molecule has 82 heavy (non-hydrogen) atoms. The zero-order chi connectivity index (χ0) is 56.7. The summed E-state index contributed by atoms with van der Waals surface area (Å²) in [6.45, 7) is 2.65. The monoisotopic (exact) mass is 1110 g/mol. The molecule has 428 valence electrons. The van der Waals surface area contributed by atoms with Gasteiger partial charge in [-0.05, 0) is 170 Å². The number of methoxy groups -OCH3 is 1. The zero-order valence-electron chi connectivity index (χ0n) is 47.7. The molecule has 10 atom stereocenters. The van der Waals surface area contributed by atoms with E-state index >= 15 is 9.59 Å². The molecule has 11 heteroatoms. The maximum absolute atomic E-state index is 15.7. The molecule has 2 bridgehead atoms. The summed E-state index contributed by atoms with van der Waals surface area (Å²) in [4.78, 5) is 45.7. The van der Waals surface area contributed by atoms with Crippen LogP contribution in [0.15, 0.2) is 142 Å². The number of ether oxygens (including phenoxy) is 4. The van der Waals surface area contributed by atoms with Crippen molar-refractivity contribution in [2.75, 3.05) is 26.9 Å². The van der Waals surface area contributed by atoms with E-state index in [2.05, 4.69) is 115 Å². The molecule has 5 aromatic carbocycles. The van der Waals surface area contributed by atoms with Crippen molar-refractivity contribution in [1.82, 2.24) is 0 Å². The Morgan fingerprint density at radius 1 is 0.780 bits per heavy atom. The molecule has 1 aromatic heterocycles. The van der Waals surface area contributed by atoms with E-state index in [1.807, 2.05) is 6.92 Å². The van der Waals surface area contributed by atoms with Crippen molar-refractivity contribution in [3.05, 3.63) is 199 Å². The van der Waals surface area contributed by atoms with Crippen LogP contribution in [0.5, 0.6) is 5.75 Å². The van der Waals surface area contributed by atoms with E-state index in [1.54, 1.807) is 19.1 Å². The maximum atomic E-state index is 15.7. The molecule has 13 rings (SSSR count). The van der Waals surface area contributed by atoms with Gasteiger partial charge in [0.25, 0.3) is 0 Å². The van der Waals surface area contributed by atoms with Crippen molar-refractivity contribution in [2.24, 2.45) is 17.8 Å². The highest BCUT2D eigenvalue weighted by atomic mass is 16.6. The minimum Gasteiger partial charge on any atom is -0.483 e. The molecule has 3 aliphatic heterocycles. The Bertz CT molecular complexity index is 3440. The third-order valence-electron chi connectivity index (χ3n) is 20.3. The Hall–Kier alpha value is -6.63. The molecule has 4 aliphatic carbocycles. The van der Waals surface area contributed by atoms with E-state index < -0.39 is 47.9 Å². The van der Waals surface area contributed by atoms with E-state index in [-0.39, 0.29) is 96.7 Å². The van der Waals surface area contributed by atoms with Crippen LogP contribution in [0.3, 0.4) is 0 Å². The molecule has 7 aliphatic rings. The van der Waals surface area contributed by atoms with Gasteiger partial charge in [0, 0.05) is 53.9 Å². The van der Waals surface area contributed by atoms with Gasteiger partial charge >= 0.3 is 17.6 Å². The van der Waals surface area contributed by atoms with E-state index in [0.29, 0.717) is 47.1 Å². The summed E-state index contributed by atoms with van der Waals surface area (Å²) >= 11 is 0. The van der Waals surface area contributed by atoms with Gasteiger partial charge in [-0.3, -0.25) is 4.79 Å². The van der Waals surface area contributed by atoms with Gasteiger partial charge < -0.3 is 38.7 Å². The van der Waals surface area contributed by atoms with Gasteiger partial charge in [-0.25, -0.2) is 9.59 Å². The molecule has 0 spiro atoms. The Balaban J connectivity index is 0.990. The lowest BCUT2D eigenvalue weighted by atomic mass is 9.64. The molecule has 0 saturated heterocycles. The van der Waals surface area contributed by atoms with Crippen LogP contribution < -0.4 is 10.4 Å². The predicted octanol–water partition coefficient (Wildman–Crippen LogP) is 13.1. The number of allylic oxidation sites excluding steroid dienone is 1. The van der Waals surface area contributed by atoms with Crippen LogP contribution in [-0.2, 0) is 42.2 Å². The number of aryl methyl sites for hydroxylation is 1. The third kappa shape index (κ3) is 10.3. The molecule has 3 fully saturated rings. The Kier molecular flexibility index (Phi) is 16.1. The van der Waals surface area contributed by atoms with E-state index in [9.17, 15) is 20.1 Å². The van der Waals surface area contributed by atoms with Gasteiger partial charge in [-0.1, -0.05) is 135 Å². The molecule has 0 radical (unpaired) electrons. The van der Waals surface area contributed by atoms with Crippen molar-refractivity contribution in [1.29, 1.82) is 0 Å². The second-order valence-corrected chi connectivity index (χ2v) is 24.8. The van der Waals surface area contributed by atoms with Crippen LogP contribution in [0.1, 0.15) is 183 Å². The summed E-state index contributed by atoms with van der Waals surface area (Å²) in [5.74, 6) is -1.28. The van der Waals surface area contributed by atoms with Crippen molar-refractivity contribution in [3.63, 3.8) is 0 Å². The Labute approximate surface area is 481 Å². The molecule has 11 nitrogen and oxygen atoms in total. The minimum absolute atomic E-state index is 0.0389. The molecule has 3 saturated carbocycles. The van der Waals surface area contributed by atoms with Gasteiger partial charge in [-0.2, -0.15) is 0 Å². The SMILES string of the molecule is COC[C@@H](CCO)c1c(CO)c2ccc3c(c2oc1=O)[C@H]1OC(=O)C[C@H]2C[C@H](c4cccc(C5(c6ccccc6)CCCCC5)c4)CC[C@H]2c2ccc(cc2)CC/C(=C(\C)CO)C(=O)O[C@@H]1[C@](C)([C@H]1C[C@@H]2C=Cc4ccccc4[C@@H]2C1)O3. The molecule has 0 amide bonds. The summed E-state index contributed by atoms with van der Waals surface area (Å²) in [6.07, 6.45) is 12.6. The average molecular weight is 1110 g/mol. The van der Waals surface area contributed by atoms with E-state index in [1.165, 1.54) is 54.2 Å². The van der Waals surface area contributed by atoms with Crippen molar-refractivity contribution in [2.45, 2.75) is 157 Å². The second kappa shape index (κ2) is 23.6. The first-order valence-electron chi connectivity index (χ1n) is 30.2. The number of hydrogen-bond donors (Lipinski definition) is 3. The largest absolute Gasteiger partial charge is 0.483 e. The first-order valence-corrected chi connectivity index (χ1v) is 30.2. The Morgan fingerprint density at radius 2 is 1.56 bits per heavy atom. The quantitative estimate of drug-likeness (QED) is 0.0643. The van der Waals surface area contributed by atoms with Crippen LogP contribution in [0.4, 0.5) is 0 Å². The standard InChI is InChI=1S/C71H78O11/c1-43(40-73)55-27-21-44-19-22-46(23-20-44)56-28-26-48(47-14-12-17-53(36-47)71(32-10-5-11-33-71)52-15-6-4-7-16-52)35-51(56)38-62(75)79-66-64-61(30-29-58-60(41-74)63(69(77)80-65(58)64)50(31-34-72)42-78-3)82-70(2,67(66)81-68(55)76)54-37-49-25-24-45-13-8-9-18-57(45)59(49)39-54/h4,6-9,12-20,22-25,29-30,36,48-51,54,56,59,66-67,72-74H,5,10-11,21,26-28,31-35,37-42H2,1-3H3/b55-43-/t48-,49+,50-,51-,54+,56+,59-,66-,67+,70+/m1/s1. The topological polar surface area (TPSA) is 162 Å². The molecule has 3 N–H and O–H groups in total. The molecule has 6 aromatic rings. The normalized spacial score (nSPS) is 27.9. The highest BCUT2D eigenvalue weighted by molar-refractivity contribution is 5.90. The third-order valence-corrected chi connectivity index (χ3v) is 20.3. The molecular weight excluding hydrogens is 1030 g/mol. The first-order chi connectivity index (χ1) is 39.9. The van der Waals surface area contributed by atoms with Crippen molar-refractivity contribution >= 4 is 29.0 Å². The Morgan fingerprint density at radius 3 is 2.33 bits per heavy atom. The molecule has 0 unspecified atom stereocenters. The predicted molar refractivity (Wildman–Crippen MR) is 316 cm³/mol. The van der Waals surface area contributed by atoms with Crippen LogP contribution in [0.25, 0.3) is 17.0 Å². The van der Waals surface area contributed by atoms with Crippen molar-refractivity contribution in [3.8, 4) is 5.75 Å². The fourth-order valence-electron chi connectivity index (χ4n) is 16.0. The summed E-state index contributed by atoms with van der Waals surface area (Å²) < 4.78 is 33.4. The van der Waals surface area contributed by atoms with Gasteiger partial charge in [0.05, 0.1) is 25.4 Å². The van der Waals surface area contributed by atoms with Crippen LogP contribution in [-0.4, -0.2) is 65.9 Å². The fraction of sp³-hybridized carbons (Fsp3) is 0.451.